The van der Waals surface area contributed by atoms with Gasteiger partial charge in [-0.2, -0.15) is 0 Å². The Morgan fingerprint density at radius 3 is 2.43 bits per heavy atom. The van der Waals surface area contributed by atoms with Gasteiger partial charge in [-0.05, 0) is 6.42 Å². The van der Waals surface area contributed by atoms with Crippen LogP contribution in [0.5, 0.6) is 0 Å². The second-order valence-electron chi connectivity index (χ2n) is 4.52. The molecular weight excluding hydrogens is 192 g/mol. The summed E-state index contributed by atoms with van der Waals surface area (Å²) in [5.74, 6) is -3.07. The second kappa shape index (κ2) is 3.72. The molecule has 1 saturated carbocycles. The molecule has 14 heavy (non-hydrogen) atoms. The van der Waals surface area contributed by atoms with Crippen molar-refractivity contribution in [3.8, 4) is 0 Å². The van der Waals surface area contributed by atoms with Crippen molar-refractivity contribution in [2.45, 2.75) is 38.3 Å². The maximum Gasteiger partial charge on any atom is 0.282 e. The van der Waals surface area contributed by atoms with Crippen LogP contribution in [0.2, 0.25) is 0 Å². The number of alkyl halides is 2. The molecule has 1 fully saturated rings. The van der Waals surface area contributed by atoms with Crippen LogP contribution in [-0.4, -0.2) is 41.4 Å². The van der Waals surface area contributed by atoms with Crippen molar-refractivity contribution in [3.05, 3.63) is 0 Å². The van der Waals surface area contributed by atoms with Gasteiger partial charge in [-0.3, -0.25) is 0 Å². The number of aliphatic hydroxyl groups excluding tert-OH is 2. The average molecular weight is 209 g/mol. The SMILES string of the molecule is CC1(C)C(O)CC1NCC(F)(F)CO. The zero-order valence-corrected chi connectivity index (χ0v) is 8.43. The van der Waals surface area contributed by atoms with Gasteiger partial charge in [-0.1, -0.05) is 13.8 Å². The van der Waals surface area contributed by atoms with Gasteiger partial charge in [0.2, 0.25) is 0 Å². The Balaban J connectivity index is 2.34. The normalized spacial score (nSPS) is 31.3. The maximum atomic E-state index is 12.6. The molecule has 3 N–H and O–H groups in total. The topological polar surface area (TPSA) is 52.5 Å². The largest absolute Gasteiger partial charge is 0.392 e. The fraction of sp³-hybridized carbons (Fsp3) is 1.00. The Hall–Kier alpha value is -0.260. The molecule has 0 heterocycles. The summed E-state index contributed by atoms with van der Waals surface area (Å²) in [6.07, 6.45) is 0.0665. The van der Waals surface area contributed by atoms with E-state index in [0.29, 0.717) is 6.42 Å². The minimum absolute atomic E-state index is 0.102. The zero-order chi connectivity index (χ0) is 11.0. The van der Waals surface area contributed by atoms with Crippen molar-refractivity contribution in [2.75, 3.05) is 13.2 Å². The van der Waals surface area contributed by atoms with Gasteiger partial charge in [0.1, 0.15) is 6.61 Å². The van der Waals surface area contributed by atoms with Crippen LogP contribution in [0.15, 0.2) is 0 Å². The lowest BCUT2D eigenvalue weighted by molar-refractivity contribution is -0.0935. The summed E-state index contributed by atoms with van der Waals surface area (Å²) in [5, 5.41) is 20.4. The van der Waals surface area contributed by atoms with E-state index in [0.717, 1.165) is 0 Å². The number of halogens is 2. The molecule has 0 aromatic rings. The van der Waals surface area contributed by atoms with Gasteiger partial charge in [0.25, 0.3) is 5.92 Å². The van der Waals surface area contributed by atoms with E-state index in [-0.39, 0.29) is 11.5 Å². The van der Waals surface area contributed by atoms with Gasteiger partial charge in [-0.25, -0.2) is 8.78 Å². The van der Waals surface area contributed by atoms with Crippen LogP contribution in [0.3, 0.4) is 0 Å². The first-order valence-electron chi connectivity index (χ1n) is 4.70. The van der Waals surface area contributed by atoms with E-state index < -0.39 is 25.2 Å². The third-order valence-electron chi connectivity index (χ3n) is 3.05. The van der Waals surface area contributed by atoms with Crippen LogP contribution in [0.1, 0.15) is 20.3 Å². The van der Waals surface area contributed by atoms with Crippen LogP contribution in [0.4, 0.5) is 8.78 Å². The summed E-state index contributed by atoms with van der Waals surface area (Å²) < 4.78 is 25.3. The van der Waals surface area contributed by atoms with Gasteiger partial charge in [0.05, 0.1) is 12.6 Å². The summed E-state index contributed by atoms with van der Waals surface area (Å²) in [4.78, 5) is 0. The van der Waals surface area contributed by atoms with Gasteiger partial charge in [-0.15, -0.1) is 0 Å². The van der Waals surface area contributed by atoms with Crippen LogP contribution < -0.4 is 5.32 Å². The molecule has 1 rings (SSSR count). The van der Waals surface area contributed by atoms with Crippen LogP contribution in [0.25, 0.3) is 0 Å². The highest BCUT2D eigenvalue weighted by molar-refractivity contribution is 5.02. The Labute approximate surface area is 82.1 Å². The van der Waals surface area contributed by atoms with Crippen LogP contribution in [0, 0.1) is 5.41 Å². The van der Waals surface area contributed by atoms with Crippen molar-refractivity contribution in [2.24, 2.45) is 5.41 Å². The predicted molar refractivity (Wildman–Crippen MR) is 48.2 cm³/mol. The molecule has 0 bridgehead atoms. The highest BCUT2D eigenvalue weighted by atomic mass is 19.3. The van der Waals surface area contributed by atoms with E-state index in [1.54, 1.807) is 0 Å². The number of nitrogens with one attached hydrogen (secondary N) is 1. The highest BCUT2D eigenvalue weighted by Gasteiger charge is 2.47. The summed E-state index contributed by atoms with van der Waals surface area (Å²) in [6, 6.07) is -0.102. The highest BCUT2D eigenvalue weighted by Crippen LogP contribution is 2.40. The summed E-state index contributed by atoms with van der Waals surface area (Å²) in [6.45, 7) is 1.98. The first-order chi connectivity index (χ1) is 6.29. The Kier molecular flexibility index (Phi) is 3.13. The van der Waals surface area contributed by atoms with E-state index in [2.05, 4.69) is 5.32 Å². The molecule has 3 nitrogen and oxygen atoms in total. The summed E-state index contributed by atoms with van der Waals surface area (Å²) >= 11 is 0. The molecule has 1 aliphatic carbocycles. The molecule has 84 valence electrons. The van der Waals surface area contributed by atoms with E-state index in [9.17, 15) is 13.9 Å². The minimum atomic E-state index is -3.07. The molecule has 0 spiro atoms. The maximum absolute atomic E-state index is 12.6. The average Bonchev–Trinajstić information content (AvgIpc) is 2.12. The second-order valence-corrected chi connectivity index (χ2v) is 4.52. The molecular formula is C9H17F2NO2. The van der Waals surface area contributed by atoms with Crippen molar-refractivity contribution in [3.63, 3.8) is 0 Å². The molecule has 5 heteroatoms. The standard InChI is InChI=1S/C9H17F2NO2/c1-8(2)6(3-7(8)14)12-4-9(10,11)5-13/h6-7,12-14H,3-5H2,1-2H3. The Bertz CT molecular complexity index is 209. The lowest BCUT2D eigenvalue weighted by atomic mass is 9.64. The monoisotopic (exact) mass is 209 g/mol. The fourth-order valence-electron chi connectivity index (χ4n) is 1.58. The van der Waals surface area contributed by atoms with E-state index in [1.165, 1.54) is 0 Å². The quantitative estimate of drug-likeness (QED) is 0.626. The van der Waals surface area contributed by atoms with Gasteiger partial charge in [0.15, 0.2) is 0 Å². The Morgan fingerprint density at radius 1 is 1.50 bits per heavy atom. The fourth-order valence-corrected chi connectivity index (χ4v) is 1.58. The molecule has 0 amide bonds. The lowest BCUT2D eigenvalue weighted by Gasteiger charge is -2.50. The third-order valence-corrected chi connectivity index (χ3v) is 3.05. The number of aliphatic hydroxyl groups is 2. The van der Waals surface area contributed by atoms with Crippen LogP contribution in [-0.2, 0) is 0 Å². The molecule has 0 aromatic heterocycles. The molecule has 0 aromatic carbocycles. The summed E-state index contributed by atoms with van der Waals surface area (Å²) in [5.41, 5.74) is -0.356. The smallest absolute Gasteiger partial charge is 0.282 e. The lowest BCUT2D eigenvalue weighted by Crippen LogP contribution is -2.61. The zero-order valence-electron chi connectivity index (χ0n) is 8.43. The number of hydrogen-bond acceptors (Lipinski definition) is 3. The van der Waals surface area contributed by atoms with E-state index in [4.69, 9.17) is 5.11 Å². The first kappa shape index (κ1) is 11.8. The van der Waals surface area contributed by atoms with Gasteiger partial charge in [0, 0.05) is 11.5 Å². The van der Waals surface area contributed by atoms with E-state index >= 15 is 0 Å². The molecule has 0 saturated heterocycles. The molecule has 0 radical (unpaired) electrons. The Morgan fingerprint density at radius 2 is 2.07 bits per heavy atom. The van der Waals surface area contributed by atoms with Crippen molar-refractivity contribution in [1.82, 2.24) is 5.32 Å². The predicted octanol–water partition coefficient (Wildman–Crippen LogP) is 0.363. The first-order valence-corrected chi connectivity index (χ1v) is 4.70. The number of rotatable bonds is 4. The van der Waals surface area contributed by atoms with E-state index in [1.807, 2.05) is 13.8 Å². The van der Waals surface area contributed by atoms with Gasteiger partial charge < -0.3 is 15.5 Å². The van der Waals surface area contributed by atoms with Crippen molar-refractivity contribution >= 4 is 0 Å². The molecule has 0 aliphatic heterocycles. The molecule has 2 unspecified atom stereocenters. The van der Waals surface area contributed by atoms with Gasteiger partial charge >= 0.3 is 0 Å². The number of hydrogen-bond donors (Lipinski definition) is 3. The minimum Gasteiger partial charge on any atom is -0.392 e. The van der Waals surface area contributed by atoms with Crippen molar-refractivity contribution in [1.29, 1.82) is 0 Å². The molecule has 2 atom stereocenters. The van der Waals surface area contributed by atoms with Crippen molar-refractivity contribution < 1.29 is 19.0 Å². The summed E-state index contributed by atoms with van der Waals surface area (Å²) in [7, 11) is 0. The van der Waals surface area contributed by atoms with Crippen LogP contribution >= 0.6 is 0 Å². The third kappa shape index (κ3) is 2.21. The molecule has 1 aliphatic rings.